The van der Waals surface area contributed by atoms with Gasteiger partial charge >= 0.3 is 0 Å². The van der Waals surface area contributed by atoms with E-state index in [0.29, 0.717) is 5.95 Å². The highest BCUT2D eigenvalue weighted by Crippen LogP contribution is 2.24. The molecule has 0 aromatic carbocycles. The summed E-state index contributed by atoms with van der Waals surface area (Å²) in [5.74, 6) is 0.325. The second kappa shape index (κ2) is 3.85. The van der Waals surface area contributed by atoms with Gasteiger partial charge in [0.2, 0.25) is 5.95 Å². The number of hydrogen-bond donors (Lipinski definition) is 1. The Morgan fingerprint density at radius 1 is 1.41 bits per heavy atom. The van der Waals surface area contributed by atoms with Crippen LogP contribution < -0.4 is 5.73 Å². The number of pyridine rings is 1. The summed E-state index contributed by atoms with van der Waals surface area (Å²) in [6.07, 6.45) is 5.17. The maximum Gasteiger partial charge on any atom is 0.240 e. The van der Waals surface area contributed by atoms with Gasteiger partial charge in [0.1, 0.15) is 0 Å². The molecule has 5 heteroatoms. The predicted octanol–water partition coefficient (Wildman–Crippen LogP) is 1.03. The summed E-state index contributed by atoms with van der Waals surface area (Å²) in [6.45, 7) is 2.07. The van der Waals surface area contributed by atoms with Gasteiger partial charge in [0.05, 0.1) is 0 Å². The lowest BCUT2D eigenvalue weighted by Gasteiger charge is -2.22. The molecule has 0 aliphatic carbocycles. The van der Waals surface area contributed by atoms with Gasteiger partial charge in [0.25, 0.3) is 0 Å². The third-order valence-corrected chi connectivity index (χ3v) is 3.14. The van der Waals surface area contributed by atoms with Crippen LogP contribution >= 0.6 is 0 Å². The summed E-state index contributed by atoms with van der Waals surface area (Å²) >= 11 is 0. The van der Waals surface area contributed by atoms with Crippen LogP contribution in [-0.2, 0) is 0 Å². The molecule has 2 aromatic rings. The molecule has 3 rings (SSSR count). The fourth-order valence-corrected chi connectivity index (χ4v) is 2.19. The number of hydrogen-bond acceptors (Lipinski definition) is 4. The Bertz CT molecular complexity index is 584. The lowest BCUT2D eigenvalue weighted by Crippen LogP contribution is -2.23. The van der Waals surface area contributed by atoms with Gasteiger partial charge in [-0.15, -0.1) is 5.10 Å². The molecule has 0 spiro atoms. The SMILES string of the molecule is CN1CC=C(c2cccn3nc(N)nc23)CC1. The fourth-order valence-electron chi connectivity index (χ4n) is 2.19. The van der Waals surface area contributed by atoms with E-state index in [2.05, 4.69) is 34.2 Å². The summed E-state index contributed by atoms with van der Waals surface area (Å²) in [6, 6.07) is 4.07. The third-order valence-electron chi connectivity index (χ3n) is 3.14. The number of nitrogens with zero attached hydrogens (tertiary/aromatic N) is 4. The Morgan fingerprint density at radius 2 is 2.29 bits per heavy atom. The van der Waals surface area contributed by atoms with Crippen LogP contribution in [0.2, 0.25) is 0 Å². The molecule has 0 atom stereocenters. The Hall–Kier alpha value is -1.88. The van der Waals surface area contributed by atoms with Crippen LogP contribution in [0.4, 0.5) is 5.95 Å². The van der Waals surface area contributed by atoms with Crippen molar-refractivity contribution in [3.63, 3.8) is 0 Å². The van der Waals surface area contributed by atoms with Crippen LogP contribution in [0.1, 0.15) is 12.0 Å². The topological polar surface area (TPSA) is 59.5 Å². The van der Waals surface area contributed by atoms with Crippen molar-refractivity contribution in [2.75, 3.05) is 25.9 Å². The number of nitrogen functional groups attached to an aromatic ring is 1. The van der Waals surface area contributed by atoms with E-state index in [0.717, 1.165) is 30.7 Å². The average Bonchev–Trinajstić information content (AvgIpc) is 2.70. The van der Waals surface area contributed by atoms with Gasteiger partial charge in [-0.25, -0.2) is 4.52 Å². The maximum atomic E-state index is 5.64. The molecule has 2 N–H and O–H groups in total. The molecule has 0 fully saturated rings. The molecule has 5 nitrogen and oxygen atoms in total. The van der Waals surface area contributed by atoms with Gasteiger partial charge in [-0.2, -0.15) is 4.98 Å². The first-order valence-corrected chi connectivity index (χ1v) is 5.73. The fraction of sp³-hybridized carbons (Fsp3) is 0.333. The normalized spacial score (nSPS) is 17.4. The largest absolute Gasteiger partial charge is 0.366 e. The van der Waals surface area contributed by atoms with Crippen LogP contribution in [0, 0.1) is 0 Å². The van der Waals surface area contributed by atoms with Crippen molar-refractivity contribution in [2.24, 2.45) is 0 Å². The van der Waals surface area contributed by atoms with Crippen LogP contribution in [0.25, 0.3) is 11.2 Å². The van der Waals surface area contributed by atoms with E-state index in [-0.39, 0.29) is 0 Å². The lowest BCUT2D eigenvalue weighted by atomic mass is 10.0. The van der Waals surface area contributed by atoms with Crippen molar-refractivity contribution >= 4 is 17.2 Å². The Balaban J connectivity index is 2.11. The molecule has 88 valence electrons. The van der Waals surface area contributed by atoms with E-state index in [4.69, 9.17) is 5.73 Å². The highest BCUT2D eigenvalue weighted by Gasteiger charge is 2.13. The molecule has 0 radical (unpaired) electrons. The lowest BCUT2D eigenvalue weighted by molar-refractivity contribution is 0.370. The number of fused-ring (bicyclic) bond motifs is 1. The van der Waals surface area contributed by atoms with E-state index in [1.165, 1.54) is 5.57 Å². The molecule has 0 saturated carbocycles. The summed E-state index contributed by atoms with van der Waals surface area (Å²) in [4.78, 5) is 6.58. The van der Waals surface area contributed by atoms with Crippen molar-refractivity contribution in [1.82, 2.24) is 19.5 Å². The Labute approximate surface area is 99.6 Å². The first-order valence-electron chi connectivity index (χ1n) is 5.73. The minimum atomic E-state index is 0.325. The Morgan fingerprint density at radius 3 is 3.06 bits per heavy atom. The predicted molar refractivity (Wildman–Crippen MR) is 67.5 cm³/mol. The van der Waals surface area contributed by atoms with Crippen molar-refractivity contribution in [1.29, 1.82) is 0 Å². The Kier molecular flexibility index (Phi) is 2.33. The number of aromatic nitrogens is 3. The van der Waals surface area contributed by atoms with E-state index in [1.54, 1.807) is 4.52 Å². The van der Waals surface area contributed by atoms with Crippen LogP contribution in [0.15, 0.2) is 24.4 Å². The van der Waals surface area contributed by atoms with Gasteiger partial charge in [0.15, 0.2) is 5.65 Å². The first-order chi connectivity index (χ1) is 8.24. The zero-order valence-electron chi connectivity index (χ0n) is 9.80. The van der Waals surface area contributed by atoms with Gasteiger partial charge in [-0.3, -0.25) is 0 Å². The monoisotopic (exact) mass is 229 g/mol. The zero-order valence-corrected chi connectivity index (χ0v) is 9.80. The van der Waals surface area contributed by atoms with Gasteiger partial charge < -0.3 is 10.6 Å². The van der Waals surface area contributed by atoms with E-state index >= 15 is 0 Å². The van der Waals surface area contributed by atoms with E-state index < -0.39 is 0 Å². The summed E-state index contributed by atoms with van der Waals surface area (Å²) in [7, 11) is 2.13. The quantitative estimate of drug-likeness (QED) is 0.793. The molecule has 3 heterocycles. The molecule has 0 amide bonds. The molecule has 1 aliphatic rings. The van der Waals surface area contributed by atoms with Gasteiger partial charge in [-0.05, 0) is 31.2 Å². The minimum Gasteiger partial charge on any atom is -0.366 e. The summed E-state index contributed by atoms with van der Waals surface area (Å²) < 4.78 is 1.74. The van der Waals surface area contributed by atoms with Crippen molar-refractivity contribution in [2.45, 2.75) is 6.42 Å². The maximum absolute atomic E-state index is 5.64. The highest BCUT2D eigenvalue weighted by atomic mass is 15.3. The molecule has 0 unspecified atom stereocenters. The molecule has 17 heavy (non-hydrogen) atoms. The minimum absolute atomic E-state index is 0.325. The average molecular weight is 229 g/mol. The number of rotatable bonds is 1. The standard InChI is InChI=1S/C12H15N5/c1-16-7-4-9(5-8-16)10-3-2-6-17-11(10)14-12(13)15-17/h2-4,6H,5,7-8H2,1H3,(H2,13,15). The van der Waals surface area contributed by atoms with Crippen molar-refractivity contribution in [3.8, 4) is 0 Å². The van der Waals surface area contributed by atoms with Gasteiger partial charge in [0, 0.05) is 24.8 Å². The first kappa shape index (κ1) is 10.3. The van der Waals surface area contributed by atoms with Crippen molar-refractivity contribution in [3.05, 3.63) is 30.0 Å². The summed E-state index contributed by atoms with van der Waals surface area (Å²) in [5, 5.41) is 4.13. The van der Waals surface area contributed by atoms with Crippen LogP contribution in [0.3, 0.4) is 0 Å². The molecule has 2 aromatic heterocycles. The molecule has 1 aliphatic heterocycles. The van der Waals surface area contributed by atoms with Gasteiger partial charge in [-0.1, -0.05) is 6.08 Å². The number of nitrogens with two attached hydrogens (primary N) is 1. The molecule has 0 bridgehead atoms. The van der Waals surface area contributed by atoms with Crippen molar-refractivity contribution < 1.29 is 0 Å². The number of likely N-dealkylation sites (N-methyl/N-ethyl adjacent to an activating group) is 1. The van der Waals surface area contributed by atoms with E-state index in [9.17, 15) is 0 Å². The van der Waals surface area contributed by atoms with Crippen LogP contribution in [0.5, 0.6) is 0 Å². The molecule has 0 saturated heterocycles. The number of anilines is 1. The molecular weight excluding hydrogens is 214 g/mol. The second-order valence-corrected chi connectivity index (χ2v) is 4.40. The van der Waals surface area contributed by atoms with Crippen LogP contribution in [-0.4, -0.2) is 39.6 Å². The third kappa shape index (κ3) is 1.78. The smallest absolute Gasteiger partial charge is 0.240 e. The molecular formula is C12H15N5. The highest BCUT2D eigenvalue weighted by molar-refractivity contribution is 5.76. The zero-order chi connectivity index (χ0) is 11.8. The second-order valence-electron chi connectivity index (χ2n) is 4.40. The summed E-state index contributed by atoms with van der Waals surface area (Å²) in [5.41, 5.74) is 8.97. The van der Waals surface area contributed by atoms with E-state index in [1.807, 2.05) is 12.3 Å².